The summed E-state index contributed by atoms with van der Waals surface area (Å²) in [5.41, 5.74) is 0. The fourth-order valence-corrected chi connectivity index (χ4v) is 8.79. The van der Waals surface area contributed by atoms with Gasteiger partial charge in [0, 0.05) is 13.0 Å². The smallest absolute Gasteiger partial charge is 0.306 e. The number of aliphatic hydroxyl groups excluding tert-OH is 4. The Morgan fingerprint density at radius 2 is 0.790 bits per heavy atom. The molecule has 0 aromatic heterocycles. The van der Waals surface area contributed by atoms with E-state index < -0.39 is 43.4 Å². The predicted molar refractivity (Wildman–Crippen MR) is 256 cm³/mol. The van der Waals surface area contributed by atoms with Gasteiger partial charge in [-0.15, -0.1) is 0 Å². The Balaban J connectivity index is 2.12. The Morgan fingerprint density at radius 1 is 0.452 bits per heavy atom. The molecule has 1 rings (SSSR count). The van der Waals surface area contributed by atoms with E-state index in [0.717, 1.165) is 32.1 Å². The molecule has 0 radical (unpaired) electrons. The van der Waals surface area contributed by atoms with E-state index in [4.69, 9.17) is 18.9 Å². The van der Waals surface area contributed by atoms with Crippen LogP contribution in [0.15, 0.2) is 0 Å². The number of unbranched alkanes of at least 4 members (excludes halogenated alkanes) is 37. The summed E-state index contributed by atoms with van der Waals surface area (Å²) in [6.45, 7) is 4.63. The minimum absolute atomic E-state index is 0.105. The van der Waals surface area contributed by atoms with Gasteiger partial charge in [0.15, 0.2) is 6.29 Å². The third-order valence-electron chi connectivity index (χ3n) is 13.0. The zero-order valence-electron chi connectivity index (χ0n) is 40.9. The molecular formula is C53H104O9. The highest BCUT2D eigenvalue weighted by Gasteiger charge is 2.44. The molecule has 1 aliphatic heterocycles. The van der Waals surface area contributed by atoms with Gasteiger partial charge in [0.1, 0.15) is 30.5 Å². The molecule has 0 aliphatic carbocycles. The second-order valence-electron chi connectivity index (χ2n) is 19.0. The normalized spacial score (nSPS) is 19.6. The van der Waals surface area contributed by atoms with Gasteiger partial charge in [0.05, 0.1) is 19.8 Å². The number of hydrogen-bond donors (Lipinski definition) is 4. The Morgan fingerprint density at radius 3 is 1.15 bits per heavy atom. The van der Waals surface area contributed by atoms with Gasteiger partial charge in [-0.2, -0.15) is 0 Å². The van der Waals surface area contributed by atoms with Crippen LogP contribution in [-0.4, -0.2) is 89.6 Å². The Kier molecular flexibility index (Phi) is 43.3. The average Bonchev–Trinajstić information content (AvgIpc) is 3.27. The molecule has 6 unspecified atom stereocenters. The van der Waals surface area contributed by atoms with Crippen molar-refractivity contribution in [3.63, 3.8) is 0 Å². The lowest BCUT2D eigenvalue weighted by molar-refractivity contribution is -0.305. The minimum Gasteiger partial charge on any atom is -0.457 e. The maximum atomic E-state index is 12.8. The van der Waals surface area contributed by atoms with Crippen molar-refractivity contribution in [1.82, 2.24) is 0 Å². The molecule has 1 fully saturated rings. The molecule has 1 aliphatic rings. The fraction of sp³-hybridized carbons (Fsp3) is 0.981. The quantitative estimate of drug-likeness (QED) is 0.0348. The summed E-state index contributed by atoms with van der Waals surface area (Å²) in [4.78, 5) is 12.8. The van der Waals surface area contributed by atoms with Gasteiger partial charge in [-0.25, -0.2) is 0 Å². The second-order valence-corrected chi connectivity index (χ2v) is 19.0. The van der Waals surface area contributed by atoms with E-state index in [-0.39, 0.29) is 19.2 Å². The average molecular weight is 885 g/mol. The van der Waals surface area contributed by atoms with Crippen molar-refractivity contribution in [2.24, 2.45) is 0 Å². The van der Waals surface area contributed by atoms with Gasteiger partial charge in [-0.05, 0) is 12.8 Å². The Bertz CT molecular complexity index is 920. The van der Waals surface area contributed by atoms with E-state index in [1.807, 2.05) is 0 Å². The van der Waals surface area contributed by atoms with Crippen molar-refractivity contribution in [2.75, 3.05) is 26.4 Å². The molecule has 4 N–H and O–H groups in total. The first kappa shape index (κ1) is 59.2. The monoisotopic (exact) mass is 885 g/mol. The molecule has 0 spiro atoms. The summed E-state index contributed by atoms with van der Waals surface area (Å²) in [7, 11) is 0. The van der Waals surface area contributed by atoms with Crippen LogP contribution in [0.3, 0.4) is 0 Å². The minimum atomic E-state index is -1.53. The van der Waals surface area contributed by atoms with Crippen molar-refractivity contribution >= 4 is 5.97 Å². The highest BCUT2D eigenvalue weighted by molar-refractivity contribution is 5.69. The van der Waals surface area contributed by atoms with E-state index >= 15 is 0 Å². The molecule has 9 nitrogen and oxygen atoms in total. The SMILES string of the molecule is CCCCCCCCCCCCCCCCCCCCCCCCCCCOCC(COC1OC(CO)C(O)C(O)C1O)OC(=O)CCCCCCCCCCCCCCCC. The highest BCUT2D eigenvalue weighted by Crippen LogP contribution is 2.23. The molecule has 370 valence electrons. The summed E-state index contributed by atoms with van der Waals surface area (Å²) < 4.78 is 22.9. The first-order valence-electron chi connectivity index (χ1n) is 27.1. The van der Waals surface area contributed by atoms with E-state index in [0.29, 0.717) is 13.0 Å². The lowest BCUT2D eigenvalue weighted by Crippen LogP contribution is -2.59. The number of hydrogen-bond acceptors (Lipinski definition) is 9. The van der Waals surface area contributed by atoms with Crippen molar-refractivity contribution in [3.05, 3.63) is 0 Å². The van der Waals surface area contributed by atoms with Gasteiger partial charge in [-0.1, -0.05) is 251 Å². The molecule has 0 aromatic rings. The van der Waals surface area contributed by atoms with Crippen LogP contribution < -0.4 is 0 Å². The van der Waals surface area contributed by atoms with Crippen LogP contribution in [0.1, 0.15) is 271 Å². The van der Waals surface area contributed by atoms with Crippen LogP contribution in [0.4, 0.5) is 0 Å². The van der Waals surface area contributed by atoms with Gasteiger partial charge < -0.3 is 39.4 Å². The molecule has 1 heterocycles. The van der Waals surface area contributed by atoms with E-state index in [9.17, 15) is 25.2 Å². The first-order chi connectivity index (χ1) is 30.4. The van der Waals surface area contributed by atoms with Gasteiger partial charge in [-0.3, -0.25) is 4.79 Å². The molecule has 0 amide bonds. The molecule has 0 saturated carbocycles. The Hall–Kier alpha value is -0.810. The van der Waals surface area contributed by atoms with Gasteiger partial charge in [0.25, 0.3) is 0 Å². The van der Waals surface area contributed by atoms with Crippen LogP contribution in [0, 0.1) is 0 Å². The summed E-state index contributed by atoms with van der Waals surface area (Å²) in [6.07, 6.45) is 44.4. The molecule has 62 heavy (non-hydrogen) atoms. The van der Waals surface area contributed by atoms with Gasteiger partial charge >= 0.3 is 5.97 Å². The molecule has 1 saturated heterocycles. The van der Waals surface area contributed by atoms with Crippen LogP contribution in [-0.2, 0) is 23.7 Å². The first-order valence-corrected chi connectivity index (χ1v) is 27.1. The second kappa shape index (κ2) is 45.4. The molecule has 0 aromatic carbocycles. The highest BCUT2D eigenvalue weighted by atomic mass is 16.7. The van der Waals surface area contributed by atoms with E-state index in [2.05, 4.69) is 13.8 Å². The third kappa shape index (κ3) is 35.5. The summed E-state index contributed by atoms with van der Waals surface area (Å²) >= 11 is 0. The largest absolute Gasteiger partial charge is 0.457 e. The number of carbonyl (C=O) groups is 1. The number of ether oxygens (including phenoxy) is 4. The lowest BCUT2D eigenvalue weighted by Gasteiger charge is -2.39. The third-order valence-corrected chi connectivity index (χ3v) is 13.0. The summed E-state index contributed by atoms with van der Waals surface area (Å²) in [5.74, 6) is -0.306. The number of rotatable bonds is 48. The van der Waals surface area contributed by atoms with Crippen LogP contribution in [0.25, 0.3) is 0 Å². The zero-order valence-corrected chi connectivity index (χ0v) is 40.9. The van der Waals surface area contributed by atoms with E-state index in [1.165, 1.54) is 218 Å². The molecule has 0 bridgehead atoms. The van der Waals surface area contributed by atoms with Crippen molar-refractivity contribution in [1.29, 1.82) is 0 Å². The Labute approximate surface area is 383 Å². The number of carbonyl (C=O) groups excluding carboxylic acids is 1. The number of esters is 1. The number of aliphatic hydroxyl groups is 4. The van der Waals surface area contributed by atoms with Crippen LogP contribution in [0.2, 0.25) is 0 Å². The molecular weight excluding hydrogens is 781 g/mol. The summed E-state index contributed by atoms with van der Waals surface area (Å²) in [5, 5.41) is 40.2. The van der Waals surface area contributed by atoms with Gasteiger partial charge in [0.2, 0.25) is 0 Å². The maximum Gasteiger partial charge on any atom is 0.306 e. The summed E-state index contributed by atoms with van der Waals surface area (Å²) in [6, 6.07) is 0. The topological polar surface area (TPSA) is 135 Å². The van der Waals surface area contributed by atoms with Crippen LogP contribution >= 0.6 is 0 Å². The molecule has 9 heteroatoms. The predicted octanol–water partition coefficient (Wildman–Crippen LogP) is 13.4. The van der Waals surface area contributed by atoms with E-state index in [1.54, 1.807) is 0 Å². The zero-order chi connectivity index (χ0) is 45.0. The van der Waals surface area contributed by atoms with Crippen molar-refractivity contribution in [3.8, 4) is 0 Å². The van der Waals surface area contributed by atoms with Crippen molar-refractivity contribution in [2.45, 2.75) is 307 Å². The van der Waals surface area contributed by atoms with Crippen molar-refractivity contribution < 1.29 is 44.2 Å². The van der Waals surface area contributed by atoms with Crippen LogP contribution in [0.5, 0.6) is 0 Å². The molecule has 6 atom stereocenters. The standard InChI is InChI=1S/C53H104O9/c1-3-5-7-9-11-13-15-17-19-20-21-22-23-24-25-26-27-28-29-31-33-35-37-39-41-43-59-45-47(46-60-53-52(58)51(57)50(56)48(44-54)62-53)61-49(55)42-40-38-36-34-32-30-18-16-14-12-10-8-6-4-2/h47-48,50-54,56-58H,3-46H2,1-2H3. The lowest BCUT2D eigenvalue weighted by atomic mass is 9.99. The maximum absolute atomic E-state index is 12.8. The fourth-order valence-electron chi connectivity index (χ4n) is 8.79.